The van der Waals surface area contributed by atoms with Crippen molar-refractivity contribution in [3.63, 3.8) is 0 Å². The minimum Gasteiger partial charge on any atom is -0.345 e. The topological polar surface area (TPSA) is 36.4 Å². The number of piperazine rings is 1. The molecule has 1 fully saturated rings. The molecule has 0 aliphatic carbocycles. The van der Waals surface area contributed by atoms with Crippen LogP contribution in [0.2, 0.25) is 0 Å². The molecule has 100 valence electrons. The molecule has 3 rings (SSSR count). The summed E-state index contributed by atoms with van der Waals surface area (Å²) in [5.74, 6) is 0.108. The molecule has 0 radical (unpaired) electrons. The van der Waals surface area contributed by atoms with E-state index in [-0.39, 0.29) is 5.78 Å². The summed E-state index contributed by atoms with van der Waals surface area (Å²) in [4.78, 5) is 20.7. The predicted octanol–water partition coefficient (Wildman–Crippen LogP) is 2.25. The van der Waals surface area contributed by atoms with Gasteiger partial charge in [0.25, 0.3) is 0 Å². The average Bonchev–Trinajstić information content (AvgIpc) is 2.82. The average molecular weight is 275 g/mol. The number of hydrogen-bond donors (Lipinski definition) is 0. The minimum absolute atomic E-state index is 0.108. The van der Waals surface area contributed by atoms with Gasteiger partial charge in [-0.25, -0.2) is 4.98 Å². The van der Waals surface area contributed by atoms with Gasteiger partial charge in [0.05, 0.1) is 10.2 Å². The van der Waals surface area contributed by atoms with Crippen LogP contribution in [-0.2, 0) is 0 Å². The van der Waals surface area contributed by atoms with Crippen LogP contribution in [0.25, 0.3) is 10.2 Å². The van der Waals surface area contributed by atoms with Gasteiger partial charge in [0, 0.05) is 31.7 Å². The molecule has 2 heterocycles. The molecule has 0 saturated carbocycles. The van der Waals surface area contributed by atoms with Crippen LogP contribution < -0.4 is 4.90 Å². The highest BCUT2D eigenvalue weighted by molar-refractivity contribution is 7.22. The quantitative estimate of drug-likeness (QED) is 0.788. The Morgan fingerprint density at radius 3 is 2.68 bits per heavy atom. The molecule has 5 heteroatoms. The Labute approximate surface area is 116 Å². The molecule has 1 aromatic carbocycles. The Kier molecular flexibility index (Phi) is 3.24. The second-order valence-electron chi connectivity index (χ2n) is 5.03. The van der Waals surface area contributed by atoms with E-state index in [0.29, 0.717) is 0 Å². The molecule has 0 N–H and O–H groups in total. The minimum atomic E-state index is 0.108. The zero-order valence-corrected chi connectivity index (χ0v) is 12.0. The SMILES string of the molecule is CC(=O)c1ccc2nc(N3CCN(C)CC3)sc2c1. The lowest BCUT2D eigenvalue weighted by Crippen LogP contribution is -2.44. The first-order chi connectivity index (χ1) is 9.13. The van der Waals surface area contributed by atoms with E-state index in [1.54, 1.807) is 18.3 Å². The van der Waals surface area contributed by atoms with Crippen molar-refractivity contribution in [2.45, 2.75) is 6.92 Å². The molecule has 0 atom stereocenters. The fourth-order valence-corrected chi connectivity index (χ4v) is 3.32. The lowest BCUT2D eigenvalue weighted by molar-refractivity contribution is 0.101. The zero-order valence-electron chi connectivity index (χ0n) is 11.2. The molecule has 2 aromatic rings. The van der Waals surface area contributed by atoms with Gasteiger partial charge in [-0.3, -0.25) is 4.79 Å². The van der Waals surface area contributed by atoms with E-state index in [1.165, 1.54) is 0 Å². The number of carbonyl (C=O) groups excluding carboxylic acids is 1. The maximum absolute atomic E-state index is 11.4. The molecule has 0 spiro atoms. The van der Waals surface area contributed by atoms with Crippen molar-refractivity contribution < 1.29 is 4.79 Å². The first-order valence-electron chi connectivity index (χ1n) is 6.48. The fourth-order valence-electron chi connectivity index (χ4n) is 2.26. The molecule has 19 heavy (non-hydrogen) atoms. The molecule has 0 bridgehead atoms. The molecule has 1 aliphatic heterocycles. The van der Waals surface area contributed by atoms with Crippen LogP contribution in [0.1, 0.15) is 17.3 Å². The Morgan fingerprint density at radius 1 is 1.26 bits per heavy atom. The monoisotopic (exact) mass is 275 g/mol. The second-order valence-corrected chi connectivity index (χ2v) is 6.03. The number of likely N-dealkylation sites (N-methyl/N-ethyl adjacent to an activating group) is 1. The van der Waals surface area contributed by atoms with Crippen LogP contribution in [-0.4, -0.2) is 48.9 Å². The number of fused-ring (bicyclic) bond motifs is 1. The number of ketones is 1. The van der Waals surface area contributed by atoms with E-state index in [4.69, 9.17) is 0 Å². The van der Waals surface area contributed by atoms with E-state index in [2.05, 4.69) is 21.8 Å². The molecule has 4 nitrogen and oxygen atoms in total. The van der Waals surface area contributed by atoms with Crippen molar-refractivity contribution in [1.29, 1.82) is 0 Å². The number of thiazole rings is 1. The maximum Gasteiger partial charge on any atom is 0.186 e. The molecule has 0 amide bonds. The normalized spacial score (nSPS) is 17.1. The molecular weight excluding hydrogens is 258 g/mol. The molecule has 1 saturated heterocycles. The van der Waals surface area contributed by atoms with Crippen molar-refractivity contribution in [1.82, 2.24) is 9.88 Å². The zero-order chi connectivity index (χ0) is 13.4. The number of carbonyl (C=O) groups is 1. The lowest BCUT2D eigenvalue weighted by Gasteiger charge is -2.31. The third kappa shape index (κ3) is 2.48. The summed E-state index contributed by atoms with van der Waals surface area (Å²) in [6, 6.07) is 5.76. The summed E-state index contributed by atoms with van der Waals surface area (Å²) in [5, 5.41) is 1.07. The fraction of sp³-hybridized carbons (Fsp3) is 0.429. The van der Waals surface area contributed by atoms with Gasteiger partial charge in [0.2, 0.25) is 0 Å². The van der Waals surface area contributed by atoms with Gasteiger partial charge in [0.15, 0.2) is 10.9 Å². The Hall–Kier alpha value is -1.46. The van der Waals surface area contributed by atoms with Crippen LogP contribution in [0.5, 0.6) is 0 Å². The Morgan fingerprint density at radius 2 is 2.00 bits per heavy atom. The van der Waals surface area contributed by atoms with Crippen LogP contribution >= 0.6 is 11.3 Å². The van der Waals surface area contributed by atoms with Crippen LogP contribution in [0.3, 0.4) is 0 Å². The van der Waals surface area contributed by atoms with Crippen molar-refractivity contribution >= 4 is 32.5 Å². The first-order valence-corrected chi connectivity index (χ1v) is 7.30. The largest absolute Gasteiger partial charge is 0.345 e. The van der Waals surface area contributed by atoms with E-state index in [1.807, 2.05) is 18.2 Å². The van der Waals surface area contributed by atoms with Crippen molar-refractivity contribution in [3.05, 3.63) is 23.8 Å². The van der Waals surface area contributed by atoms with Crippen molar-refractivity contribution in [2.24, 2.45) is 0 Å². The molecule has 1 aromatic heterocycles. The number of benzene rings is 1. The highest BCUT2D eigenvalue weighted by Crippen LogP contribution is 2.30. The lowest BCUT2D eigenvalue weighted by atomic mass is 10.1. The summed E-state index contributed by atoms with van der Waals surface area (Å²) >= 11 is 1.68. The summed E-state index contributed by atoms with van der Waals surface area (Å²) in [6.07, 6.45) is 0. The van der Waals surface area contributed by atoms with Gasteiger partial charge in [-0.2, -0.15) is 0 Å². The summed E-state index contributed by atoms with van der Waals surface area (Å²) in [7, 11) is 2.15. The second kappa shape index (κ2) is 4.90. The Balaban J connectivity index is 1.91. The number of Topliss-reactive ketones (excluding diaryl/α,β-unsaturated/α-hetero) is 1. The summed E-state index contributed by atoms with van der Waals surface area (Å²) in [6.45, 7) is 5.80. The number of rotatable bonds is 2. The third-order valence-electron chi connectivity index (χ3n) is 3.56. The molecule has 0 unspecified atom stereocenters. The summed E-state index contributed by atoms with van der Waals surface area (Å²) < 4.78 is 1.10. The highest BCUT2D eigenvalue weighted by atomic mass is 32.1. The van der Waals surface area contributed by atoms with Gasteiger partial charge < -0.3 is 9.80 Å². The van der Waals surface area contributed by atoms with Gasteiger partial charge in [-0.15, -0.1) is 0 Å². The smallest absolute Gasteiger partial charge is 0.186 e. The van der Waals surface area contributed by atoms with E-state index in [9.17, 15) is 4.79 Å². The molecular formula is C14H17N3OS. The van der Waals surface area contributed by atoms with Crippen molar-refractivity contribution in [3.8, 4) is 0 Å². The standard InChI is InChI=1S/C14H17N3OS/c1-10(18)11-3-4-12-13(9-11)19-14(15-12)17-7-5-16(2)6-8-17/h3-4,9H,5-8H2,1-2H3. The van der Waals surface area contributed by atoms with Gasteiger partial charge in [-0.1, -0.05) is 11.3 Å². The number of aromatic nitrogens is 1. The van der Waals surface area contributed by atoms with Gasteiger partial charge in [-0.05, 0) is 32.2 Å². The van der Waals surface area contributed by atoms with Gasteiger partial charge >= 0.3 is 0 Å². The Bertz CT molecular complexity index is 614. The number of hydrogen-bond acceptors (Lipinski definition) is 5. The van der Waals surface area contributed by atoms with Crippen LogP contribution in [0.4, 0.5) is 5.13 Å². The van der Waals surface area contributed by atoms with E-state index < -0.39 is 0 Å². The predicted molar refractivity (Wildman–Crippen MR) is 79.3 cm³/mol. The molecule has 1 aliphatic rings. The van der Waals surface area contributed by atoms with E-state index in [0.717, 1.165) is 47.1 Å². The van der Waals surface area contributed by atoms with Crippen LogP contribution in [0, 0.1) is 0 Å². The van der Waals surface area contributed by atoms with Gasteiger partial charge in [0.1, 0.15) is 0 Å². The van der Waals surface area contributed by atoms with Crippen molar-refractivity contribution in [2.75, 3.05) is 38.1 Å². The third-order valence-corrected chi connectivity index (χ3v) is 4.64. The van der Waals surface area contributed by atoms with E-state index >= 15 is 0 Å². The maximum atomic E-state index is 11.4. The highest BCUT2D eigenvalue weighted by Gasteiger charge is 2.17. The number of nitrogens with zero attached hydrogens (tertiary/aromatic N) is 3. The first kappa shape index (κ1) is 12.6. The summed E-state index contributed by atoms with van der Waals surface area (Å²) in [5.41, 5.74) is 1.75. The number of anilines is 1. The van der Waals surface area contributed by atoms with Crippen LogP contribution in [0.15, 0.2) is 18.2 Å².